The zero-order valence-corrected chi connectivity index (χ0v) is 22.5. The zero-order valence-electron chi connectivity index (χ0n) is 21.0. The highest BCUT2D eigenvalue weighted by molar-refractivity contribution is 6.42. The number of hydrazone groups is 1. The Morgan fingerprint density at radius 2 is 2.03 bits per heavy atom. The van der Waals surface area contributed by atoms with Gasteiger partial charge in [-0.15, -0.1) is 4.99 Å². The minimum absolute atomic E-state index is 0.00739. The summed E-state index contributed by atoms with van der Waals surface area (Å²) in [7, 11) is 0. The van der Waals surface area contributed by atoms with Crippen molar-refractivity contribution in [3.8, 4) is 6.19 Å². The minimum Gasteiger partial charge on any atom is -0.344 e. The van der Waals surface area contributed by atoms with Crippen molar-refractivity contribution < 1.29 is 18.0 Å². The van der Waals surface area contributed by atoms with Crippen molar-refractivity contribution in [2.75, 3.05) is 25.0 Å². The van der Waals surface area contributed by atoms with Crippen LogP contribution in [0.25, 0.3) is 0 Å². The fraction of sp³-hybridized carbons (Fsp3) is 0.385. The van der Waals surface area contributed by atoms with Crippen molar-refractivity contribution >= 4 is 46.5 Å². The quantitative estimate of drug-likeness (QED) is 0.284. The molecule has 0 aliphatic carbocycles. The normalized spacial score (nSPS) is 20.1. The smallest absolute Gasteiger partial charge is 0.344 e. The number of guanidine groups is 1. The number of nitriles is 1. The largest absolute Gasteiger partial charge is 0.393 e. The number of alkyl halides is 3. The van der Waals surface area contributed by atoms with Crippen molar-refractivity contribution in [1.29, 1.82) is 5.26 Å². The molecule has 13 heteroatoms. The van der Waals surface area contributed by atoms with Gasteiger partial charge >= 0.3 is 6.18 Å². The fourth-order valence-corrected chi connectivity index (χ4v) is 5.05. The molecule has 2 aliphatic heterocycles. The number of nitrogens with zero attached hydrogens (tertiary/aromatic N) is 5. The van der Waals surface area contributed by atoms with E-state index in [9.17, 15) is 23.2 Å². The van der Waals surface area contributed by atoms with Crippen molar-refractivity contribution in [3.05, 3.63) is 63.6 Å². The summed E-state index contributed by atoms with van der Waals surface area (Å²) in [6.07, 6.45) is -2.09. The maximum Gasteiger partial charge on any atom is 0.393 e. The summed E-state index contributed by atoms with van der Waals surface area (Å²) in [5.74, 6) is -0.146. The molecule has 0 bridgehead atoms. The summed E-state index contributed by atoms with van der Waals surface area (Å²) < 4.78 is 38.7. The van der Waals surface area contributed by atoms with E-state index in [0.717, 1.165) is 25.9 Å². The first-order valence-electron chi connectivity index (χ1n) is 12.3. The van der Waals surface area contributed by atoms with Crippen molar-refractivity contribution in [2.45, 2.75) is 44.4 Å². The van der Waals surface area contributed by atoms with Crippen LogP contribution in [0.4, 0.5) is 18.9 Å². The van der Waals surface area contributed by atoms with Gasteiger partial charge in [-0.1, -0.05) is 48.3 Å². The molecule has 1 amide bonds. The molecule has 1 saturated heterocycles. The predicted octanol–water partition coefficient (Wildman–Crippen LogP) is 5.04. The van der Waals surface area contributed by atoms with Crippen LogP contribution in [0.1, 0.15) is 30.9 Å². The summed E-state index contributed by atoms with van der Waals surface area (Å²) in [5, 5.41) is 22.0. The van der Waals surface area contributed by atoms with Crippen LogP contribution in [0.3, 0.4) is 0 Å². The Morgan fingerprint density at radius 3 is 2.72 bits per heavy atom. The zero-order chi connectivity index (χ0) is 28.2. The van der Waals surface area contributed by atoms with E-state index in [1.54, 1.807) is 30.5 Å². The maximum absolute atomic E-state index is 13.2. The van der Waals surface area contributed by atoms with E-state index < -0.39 is 18.6 Å². The molecule has 1 fully saturated rings. The predicted molar refractivity (Wildman–Crippen MR) is 145 cm³/mol. The van der Waals surface area contributed by atoms with Crippen LogP contribution in [-0.4, -0.2) is 65.4 Å². The molecule has 2 atom stereocenters. The number of carbonyl (C=O) groups is 1. The average Bonchev–Trinajstić information content (AvgIpc) is 3.52. The molecule has 0 saturated carbocycles. The van der Waals surface area contributed by atoms with Crippen LogP contribution in [0.15, 0.2) is 52.6 Å². The number of likely N-dealkylation sites (N-methyl/N-ethyl adjacent to an activating group) is 1. The van der Waals surface area contributed by atoms with Crippen LogP contribution in [0.5, 0.6) is 0 Å². The third kappa shape index (κ3) is 7.20. The first-order chi connectivity index (χ1) is 18.6. The van der Waals surface area contributed by atoms with Crippen LogP contribution in [0.2, 0.25) is 10.0 Å². The first-order valence-corrected chi connectivity index (χ1v) is 13.1. The molecule has 0 spiro atoms. The highest BCUT2D eigenvalue weighted by Crippen LogP contribution is 2.27. The van der Waals surface area contributed by atoms with Crippen LogP contribution in [-0.2, 0) is 11.2 Å². The van der Waals surface area contributed by atoms with E-state index in [-0.39, 0.29) is 30.0 Å². The van der Waals surface area contributed by atoms with Crippen molar-refractivity contribution in [3.63, 3.8) is 0 Å². The molecule has 2 aromatic rings. The second-order valence-corrected chi connectivity index (χ2v) is 10.0. The van der Waals surface area contributed by atoms with E-state index in [1.165, 1.54) is 23.2 Å². The molecule has 206 valence electrons. The lowest BCUT2D eigenvalue weighted by atomic mass is 10.0. The SMILES string of the molecule is CCN1CCC[C@@H]1C(=O)NC1CN(C(=NC#N)Nc2cccc(CC(F)(F)F)c2)N=C1c1ccc(Cl)c(Cl)c1. The number of halogens is 5. The molecule has 0 aromatic heterocycles. The second kappa shape index (κ2) is 12.2. The van der Waals surface area contributed by atoms with Gasteiger partial charge in [-0.05, 0) is 55.8 Å². The second-order valence-electron chi connectivity index (χ2n) is 9.20. The van der Waals surface area contributed by atoms with E-state index in [4.69, 9.17) is 23.2 Å². The van der Waals surface area contributed by atoms with Crippen molar-refractivity contribution in [2.24, 2.45) is 10.1 Å². The number of anilines is 1. The monoisotopic (exact) mass is 579 g/mol. The Balaban J connectivity index is 1.62. The van der Waals surface area contributed by atoms with Gasteiger partial charge in [0.1, 0.15) is 0 Å². The van der Waals surface area contributed by atoms with Gasteiger partial charge in [0.2, 0.25) is 18.1 Å². The Morgan fingerprint density at radius 1 is 1.23 bits per heavy atom. The number of benzene rings is 2. The average molecular weight is 580 g/mol. The fourth-order valence-electron chi connectivity index (χ4n) is 4.75. The van der Waals surface area contributed by atoms with E-state index in [0.29, 0.717) is 27.0 Å². The lowest BCUT2D eigenvalue weighted by Crippen LogP contribution is -2.50. The summed E-state index contributed by atoms with van der Waals surface area (Å²) >= 11 is 12.3. The van der Waals surface area contributed by atoms with E-state index >= 15 is 0 Å². The number of carbonyl (C=O) groups excluding carboxylic acids is 1. The Hall–Kier alpha value is -3.33. The summed E-state index contributed by atoms with van der Waals surface area (Å²) in [5.41, 5.74) is 1.43. The Kier molecular flexibility index (Phi) is 9.00. The highest BCUT2D eigenvalue weighted by atomic mass is 35.5. The summed E-state index contributed by atoms with van der Waals surface area (Å²) in [6, 6.07) is 9.86. The Labute approximate surface area is 234 Å². The maximum atomic E-state index is 13.2. The van der Waals surface area contributed by atoms with Gasteiger partial charge in [-0.25, -0.2) is 5.01 Å². The van der Waals surface area contributed by atoms with Crippen molar-refractivity contribution in [1.82, 2.24) is 15.2 Å². The van der Waals surface area contributed by atoms with Gasteiger partial charge in [0.25, 0.3) is 0 Å². The Bertz CT molecular complexity index is 1330. The molecule has 0 radical (unpaired) electrons. The molecule has 2 heterocycles. The third-order valence-electron chi connectivity index (χ3n) is 6.51. The molecular formula is C26H26Cl2F3N7O. The molecular weight excluding hydrogens is 554 g/mol. The summed E-state index contributed by atoms with van der Waals surface area (Å²) in [4.78, 5) is 19.2. The third-order valence-corrected chi connectivity index (χ3v) is 7.25. The lowest BCUT2D eigenvalue weighted by Gasteiger charge is -2.25. The number of nitrogens with one attached hydrogen (secondary N) is 2. The van der Waals surface area contributed by atoms with Gasteiger partial charge < -0.3 is 10.6 Å². The first kappa shape index (κ1) is 28.7. The number of rotatable bonds is 6. The van der Waals surface area contributed by atoms with Crippen LogP contribution >= 0.6 is 23.2 Å². The van der Waals surface area contributed by atoms with E-state index in [2.05, 4.69) is 25.6 Å². The lowest BCUT2D eigenvalue weighted by molar-refractivity contribution is -0.127. The molecule has 2 aliphatic rings. The van der Waals surface area contributed by atoms with Gasteiger partial charge in [0.15, 0.2) is 0 Å². The van der Waals surface area contributed by atoms with Crippen LogP contribution < -0.4 is 10.6 Å². The minimum atomic E-state index is -4.37. The van der Waals surface area contributed by atoms with Gasteiger partial charge in [-0.3, -0.25) is 9.69 Å². The molecule has 39 heavy (non-hydrogen) atoms. The summed E-state index contributed by atoms with van der Waals surface area (Å²) in [6.45, 7) is 3.72. The molecule has 8 nitrogen and oxygen atoms in total. The van der Waals surface area contributed by atoms with Gasteiger partial charge in [0, 0.05) is 11.3 Å². The number of likely N-dealkylation sites (tertiary alicyclic amines) is 1. The van der Waals surface area contributed by atoms with Crippen LogP contribution in [0, 0.1) is 11.5 Å². The van der Waals surface area contributed by atoms with E-state index in [1.807, 2.05) is 6.92 Å². The number of hydrogen-bond acceptors (Lipinski definition) is 5. The van der Waals surface area contributed by atoms with Gasteiger partial charge in [0.05, 0.1) is 40.8 Å². The topological polar surface area (TPSA) is 96.1 Å². The number of aliphatic imine (C=N–C) groups is 1. The molecule has 2 aromatic carbocycles. The molecule has 2 N–H and O–H groups in total. The number of hydrogen-bond donors (Lipinski definition) is 2. The molecule has 1 unspecified atom stereocenters. The van der Waals surface area contributed by atoms with Gasteiger partial charge in [-0.2, -0.15) is 23.5 Å². The highest BCUT2D eigenvalue weighted by Gasteiger charge is 2.36. The number of amides is 1. The molecule has 4 rings (SSSR count). The standard InChI is InChI=1S/C26H26Cl2F3N7O/c1-2-37-10-4-7-22(37)24(39)35-21-14-38(36-23(21)17-8-9-19(27)20(28)12-17)25(33-15-32)34-18-6-3-5-16(11-18)13-26(29,30)31/h3,5-6,8-9,11-12,21-22H,2,4,7,10,13-14H2,1H3,(H,33,34)(H,35,39)/t21?,22-/m1/s1.